The maximum atomic E-state index is 10.6. The Labute approximate surface area is 65.1 Å². The summed E-state index contributed by atoms with van der Waals surface area (Å²) in [5.74, 6) is -0.867. The lowest BCUT2D eigenvalue weighted by molar-refractivity contribution is -0.130. The fourth-order valence-electron chi connectivity index (χ4n) is 0.393. The van der Waals surface area contributed by atoms with Crippen molar-refractivity contribution in [2.45, 2.75) is 6.42 Å². The monoisotopic (exact) mass is 175 g/mol. The number of hydrogen-bond acceptors (Lipinski definition) is 3. The summed E-state index contributed by atoms with van der Waals surface area (Å²) >= 11 is 0. The largest absolute Gasteiger partial charge is 0.750 e. The van der Waals surface area contributed by atoms with E-state index in [9.17, 15) is 9.36 Å². The summed E-state index contributed by atoms with van der Waals surface area (Å²) in [5, 5.41) is 0. The SMILES string of the molecule is C=CCC(=C)C(=O)O[P+](=O)O. The maximum absolute atomic E-state index is 10.6. The third kappa shape index (κ3) is 4.42. The van der Waals surface area contributed by atoms with Crippen LogP contribution >= 0.6 is 8.25 Å². The molecule has 0 aliphatic rings. The first-order valence-corrected chi connectivity index (χ1v) is 3.88. The molecule has 0 aromatic rings. The lowest BCUT2D eigenvalue weighted by atomic mass is 10.2. The van der Waals surface area contributed by atoms with Crippen LogP contribution in [0.1, 0.15) is 6.42 Å². The molecule has 0 aliphatic heterocycles. The van der Waals surface area contributed by atoms with Crippen LogP contribution in [-0.2, 0) is 13.9 Å². The molecule has 0 aromatic heterocycles. The van der Waals surface area contributed by atoms with Crippen LogP contribution in [-0.4, -0.2) is 10.9 Å². The second kappa shape index (κ2) is 4.77. The fourth-order valence-corrected chi connectivity index (χ4v) is 0.664. The topological polar surface area (TPSA) is 63.6 Å². The minimum Gasteiger partial charge on any atom is -0.241 e. The van der Waals surface area contributed by atoms with Crippen molar-refractivity contribution < 1.29 is 18.8 Å². The fraction of sp³-hybridized carbons (Fsp3) is 0.167. The molecule has 0 aromatic carbocycles. The summed E-state index contributed by atoms with van der Waals surface area (Å²) in [5.41, 5.74) is 0.109. The molecule has 0 amide bonds. The molecule has 1 N–H and O–H groups in total. The number of carbonyl (C=O) groups excluding carboxylic acids is 1. The van der Waals surface area contributed by atoms with Crippen LogP contribution in [0.2, 0.25) is 0 Å². The number of hydrogen-bond donors (Lipinski definition) is 1. The summed E-state index contributed by atoms with van der Waals surface area (Å²) in [7, 11) is -2.88. The van der Waals surface area contributed by atoms with E-state index in [1.54, 1.807) is 0 Å². The molecule has 4 nitrogen and oxygen atoms in total. The highest BCUT2D eigenvalue weighted by molar-refractivity contribution is 7.32. The minimum absolute atomic E-state index is 0.109. The van der Waals surface area contributed by atoms with Crippen LogP contribution in [0.15, 0.2) is 24.8 Å². The third-order valence-electron chi connectivity index (χ3n) is 0.840. The summed E-state index contributed by atoms with van der Waals surface area (Å²) in [6.45, 7) is 6.67. The molecule has 0 radical (unpaired) electrons. The predicted molar refractivity (Wildman–Crippen MR) is 39.9 cm³/mol. The Kier molecular flexibility index (Phi) is 4.34. The van der Waals surface area contributed by atoms with Crippen molar-refractivity contribution in [1.82, 2.24) is 0 Å². The Morgan fingerprint density at radius 2 is 2.27 bits per heavy atom. The Morgan fingerprint density at radius 3 is 2.64 bits per heavy atom. The highest BCUT2D eigenvalue weighted by Crippen LogP contribution is 2.17. The zero-order valence-electron chi connectivity index (χ0n) is 5.82. The van der Waals surface area contributed by atoms with Gasteiger partial charge >= 0.3 is 14.2 Å². The number of rotatable bonds is 4. The average Bonchev–Trinajstić information content (AvgIpc) is 1.86. The first kappa shape index (κ1) is 10.0. The van der Waals surface area contributed by atoms with Gasteiger partial charge in [-0.05, 0) is 6.42 Å². The lowest BCUT2D eigenvalue weighted by Crippen LogP contribution is -2.00. The van der Waals surface area contributed by atoms with Gasteiger partial charge in [-0.1, -0.05) is 12.7 Å². The molecule has 11 heavy (non-hydrogen) atoms. The molecule has 5 heteroatoms. The highest BCUT2D eigenvalue weighted by Gasteiger charge is 2.21. The van der Waals surface area contributed by atoms with E-state index >= 15 is 0 Å². The van der Waals surface area contributed by atoms with Gasteiger partial charge in [0.2, 0.25) is 0 Å². The molecule has 0 heterocycles. The summed E-state index contributed by atoms with van der Waals surface area (Å²) in [6, 6.07) is 0. The zero-order chi connectivity index (χ0) is 8.85. The average molecular weight is 175 g/mol. The highest BCUT2D eigenvalue weighted by atomic mass is 31.1. The number of allylic oxidation sites excluding steroid dienone is 1. The zero-order valence-corrected chi connectivity index (χ0v) is 6.71. The molecular weight excluding hydrogens is 167 g/mol. The molecular formula is C6H8O4P+. The first-order chi connectivity index (χ1) is 5.07. The van der Waals surface area contributed by atoms with Gasteiger partial charge in [-0.15, -0.1) is 11.5 Å². The van der Waals surface area contributed by atoms with Crippen LogP contribution in [0.4, 0.5) is 0 Å². The summed E-state index contributed by atoms with van der Waals surface area (Å²) in [6.07, 6.45) is 1.70. The maximum Gasteiger partial charge on any atom is 0.750 e. The smallest absolute Gasteiger partial charge is 0.241 e. The van der Waals surface area contributed by atoms with Crippen LogP contribution in [0.25, 0.3) is 0 Å². The van der Waals surface area contributed by atoms with Crippen molar-refractivity contribution in [3.8, 4) is 0 Å². The van der Waals surface area contributed by atoms with Crippen LogP contribution in [0, 0.1) is 0 Å². The van der Waals surface area contributed by atoms with Gasteiger partial charge < -0.3 is 0 Å². The number of carbonyl (C=O) groups is 1. The molecule has 0 saturated heterocycles. The van der Waals surface area contributed by atoms with Crippen molar-refractivity contribution in [2.24, 2.45) is 0 Å². The van der Waals surface area contributed by atoms with Gasteiger partial charge in [-0.25, -0.2) is 4.79 Å². The second-order valence-corrected chi connectivity index (χ2v) is 2.37. The Balaban J connectivity index is 3.93. The van der Waals surface area contributed by atoms with Gasteiger partial charge in [0.1, 0.15) is 0 Å². The third-order valence-corrected chi connectivity index (χ3v) is 1.16. The Morgan fingerprint density at radius 1 is 1.73 bits per heavy atom. The van der Waals surface area contributed by atoms with Crippen molar-refractivity contribution >= 4 is 14.2 Å². The molecule has 0 bridgehead atoms. The molecule has 1 unspecified atom stereocenters. The molecule has 0 saturated carbocycles. The molecule has 1 atom stereocenters. The Bertz CT molecular complexity index is 209. The summed E-state index contributed by atoms with van der Waals surface area (Å²) in [4.78, 5) is 18.8. The molecule has 0 aliphatic carbocycles. The van der Waals surface area contributed by atoms with Crippen LogP contribution in [0.5, 0.6) is 0 Å². The van der Waals surface area contributed by atoms with E-state index in [0.717, 1.165) is 0 Å². The minimum atomic E-state index is -2.88. The normalized spacial score (nSPS) is 10.1. The van der Waals surface area contributed by atoms with Crippen LogP contribution in [0.3, 0.4) is 0 Å². The van der Waals surface area contributed by atoms with E-state index in [0.29, 0.717) is 0 Å². The van der Waals surface area contributed by atoms with Crippen molar-refractivity contribution in [3.05, 3.63) is 24.8 Å². The van der Waals surface area contributed by atoms with Crippen molar-refractivity contribution in [3.63, 3.8) is 0 Å². The summed E-state index contributed by atoms with van der Waals surface area (Å²) < 4.78 is 13.9. The molecule has 0 spiro atoms. The van der Waals surface area contributed by atoms with Gasteiger partial charge in [0.05, 0.1) is 0 Å². The van der Waals surface area contributed by atoms with E-state index in [1.165, 1.54) is 6.08 Å². The molecule has 60 valence electrons. The molecule has 0 fully saturated rings. The van der Waals surface area contributed by atoms with Crippen molar-refractivity contribution in [2.75, 3.05) is 0 Å². The van der Waals surface area contributed by atoms with Gasteiger partial charge in [-0.3, -0.25) is 0 Å². The standard InChI is InChI=1S/C6H7O4P/c1-3-4-5(2)6(7)10-11(8)9/h3H,1-2,4H2/p+1. The first-order valence-electron chi connectivity index (χ1n) is 2.75. The van der Waals surface area contributed by atoms with Gasteiger partial charge in [-0.2, -0.15) is 4.52 Å². The van der Waals surface area contributed by atoms with Gasteiger partial charge in [0, 0.05) is 10.1 Å². The van der Waals surface area contributed by atoms with Gasteiger partial charge in [0.25, 0.3) is 0 Å². The predicted octanol–water partition coefficient (Wildman–Crippen LogP) is 1.31. The lowest BCUT2D eigenvalue weighted by Gasteiger charge is -1.90. The van der Waals surface area contributed by atoms with E-state index in [4.69, 9.17) is 4.89 Å². The second-order valence-electron chi connectivity index (χ2n) is 1.71. The van der Waals surface area contributed by atoms with E-state index in [-0.39, 0.29) is 12.0 Å². The van der Waals surface area contributed by atoms with Crippen molar-refractivity contribution in [1.29, 1.82) is 0 Å². The molecule has 0 rings (SSSR count). The van der Waals surface area contributed by atoms with Gasteiger partial charge in [0.15, 0.2) is 0 Å². The Hall–Kier alpha value is -0.990. The quantitative estimate of drug-likeness (QED) is 0.397. The van der Waals surface area contributed by atoms with E-state index < -0.39 is 14.2 Å². The van der Waals surface area contributed by atoms with E-state index in [2.05, 4.69) is 17.7 Å². The van der Waals surface area contributed by atoms with E-state index in [1.807, 2.05) is 0 Å². The van der Waals surface area contributed by atoms with Crippen LogP contribution < -0.4 is 0 Å².